The number of aryl methyl sites for hydroxylation is 2. The zero-order valence-corrected chi connectivity index (χ0v) is 13.5. The van der Waals surface area contributed by atoms with Crippen molar-refractivity contribution in [1.82, 2.24) is 0 Å². The van der Waals surface area contributed by atoms with Gasteiger partial charge in [0.1, 0.15) is 5.76 Å². The van der Waals surface area contributed by atoms with Crippen LogP contribution in [0.15, 0.2) is 28.7 Å². The van der Waals surface area contributed by atoms with E-state index in [1.807, 2.05) is 31.2 Å². The molecule has 2 heterocycles. The van der Waals surface area contributed by atoms with Crippen molar-refractivity contribution < 1.29 is 13.9 Å². The van der Waals surface area contributed by atoms with Gasteiger partial charge in [-0.25, -0.2) is 0 Å². The molecule has 1 aliphatic heterocycles. The Morgan fingerprint density at radius 1 is 0.818 bits per heavy atom. The number of unbranched alkanes of at least 4 members (excludes halogenated alkanes) is 5. The van der Waals surface area contributed by atoms with Gasteiger partial charge in [-0.05, 0) is 25.5 Å². The van der Waals surface area contributed by atoms with Crippen LogP contribution in [0.2, 0.25) is 0 Å². The Bertz CT molecular complexity index is 628. The van der Waals surface area contributed by atoms with Gasteiger partial charge in [0.2, 0.25) is 11.5 Å². The van der Waals surface area contributed by atoms with E-state index in [2.05, 4.69) is 6.92 Å². The summed E-state index contributed by atoms with van der Waals surface area (Å²) in [6, 6.07) is 7.74. The monoisotopic (exact) mass is 300 g/mol. The van der Waals surface area contributed by atoms with Crippen LogP contribution in [0.3, 0.4) is 0 Å². The first-order valence-electron chi connectivity index (χ1n) is 8.36. The minimum Gasteiger partial charge on any atom is -0.458 e. The highest BCUT2D eigenvalue weighted by molar-refractivity contribution is 5.57. The molecule has 0 radical (unpaired) electrons. The van der Waals surface area contributed by atoms with E-state index in [4.69, 9.17) is 13.9 Å². The van der Waals surface area contributed by atoms with Crippen molar-refractivity contribution in [2.45, 2.75) is 58.8 Å². The maximum atomic E-state index is 6.01. The zero-order valence-electron chi connectivity index (χ0n) is 13.5. The topological polar surface area (TPSA) is 31.6 Å². The van der Waals surface area contributed by atoms with Crippen molar-refractivity contribution in [1.29, 1.82) is 0 Å². The molecule has 2 aromatic rings. The van der Waals surface area contributed by atoms with E-state index in [9.17, 15) is 0 Å². The van der Waals surface area contributed by atoms with E-state index in [0.29, 0.717) is 0 Å². The van der Waals surface area contributed by atoms with Crippen molar-refractivity contribution in [3.05, 3.63) is 35.8 Å². The van der Waals surface area contributed by atoms with Crippen LogP contribution >= 0.6 is 0 Å². The number of benzene rings is 1. The van der Waals surface area contributed by atoms with Gasteiger partial charge in [-0.2, -0.15) is 0 Å². The lowest BCUT2D eigenvalue weighted by atomic mass is 10.1. The van der Waals surface area contributed by atoms with Crippen LogP contribution in [0.5, 0.6) is 23.0 Å². The molecule has 0 fully saturated rings. The minimum absolute atomic E-state index is 0.736. The largest absolute Gasteiger partial charge is 0.458 e. The summed E-state index contributed by atoms with van der Waals surface area (Å²) in [4.78, 5) is 0. The van der Waals surface area contributed by atoms with Crippen molar-refractivity contribution in [2.24, 2.45) is 0 Å². The third-order valence-corrected chi connectivity index (χ3v) is 4.09. The van der Waals surface area contributed by atoms with Gasteiger partial charge in [-0.3, -0.25) is 0 Å². The van der Waals surface area contributed by atoms with E-state index < -0.39 is 0 Å². The number of rotatable bonds is 7. The Kier molecular flexibility index (Phi) is 4.71. The molecule has 1 aromatic carbocycles. The lowest BCUT2D eigenvalue weighted by molar-refractivity contribution is 0.358. The predicted octanol–water partition coefficient (Wildman–Crippen LogP) is 6.39. The van der Waals surface area contributed by atoms with Gasteiger partial charge < -0.3 is 13.9 Å². The zero-order chi connectivity index (χ0) is 15.4. The SMILES string of the molecule is CCCCCCCCc1oc(C)c2c1Oc1ccccc1O2. The molecular weight excluding hydrogens is 276 g/mol. The molecule has 1 aliphatic rings. The Balaban J connectivity index is 1.63. The highest BCUT2D eigenvalue weighted by Gasteiger charge is 2.27. The summed E-state index contributed by atoms with van der Waals surface area (Å²) in [7, 11) is 0. The van der Waals surface area contributed by atoms with Gasteiger partial charge in [0.05, 0.1) is 0 Å². The second-order valence-electron chi connectivity index (χ2n) is 5.91. The standard InChI is InChI=1S/C19H24O3/c1-3-4-5-6-7-8-13-17-19-18(14(2)20-17)21-15-11-9-10-12-16(15)22-19/h9-12H,3-8,13H2,1-2H3. The quantitative estimate of drug-likeness (QED) is 0.474. The van der Waals surface area contributed by atoms with Crippen molar-refractivity contribution in [2.75, 3.05) is 0 Å². The van der Waals surface area contributed by atoms with Crippen LogP contribution in [0.1, 0.15) is 57.0 Å². The molecule has 3 rings (SSSR count). The van der Waals surface area contributed by atoms with E-state index in [-0.39, 0.29) is 0 Å². The van der Waals surface area contributed by atoms with E-state index >= 15 is 0 Å². The Hall–Kier alpha value is -1.90. The summed E-state index contributed by atoms with van der Waals surface area (Å²) in [6.45, 7) is 4.17. The second kappa shape index (κ2) is 6.91. The molecule has 1 aromatic heterocycles. The van der Waals surface area contributed by atoms with E-state index in [0.717, 1.165) is 47.4 Å². The van der Waals surface area contributed by atoms with Gasteiger partial charge in [-0.15, -0.1) is 0 Å². The van der Waals surface area contributed by atoms with Crippen LogP contribution in [0.25, 0.3) is 0 Å². The fourth-order valence-corrected chi connectivity index (χ4v) is 2.85. The average molecular weight is 300 g/mol. The first kappa shape index (κ1) is 15.0. The van der Waals surface area contributed by atoms with Crippen LogP contribution in [0, 0.1) is 6.92 Å². The smallest absolute Gasteiger partial charge is 0.211 e. The van der Waals surface area contributed by atoms with Crippen LogP contribution < -0.4 is 9.47 Å². The van der Waals surface area contributed by atoms with Crippen molar-refractivity contribution >= 4 is 0 Å². The highest BCUT2D eigenvalue weighted by Crippen LogP contribution is 2.50. The molecule has 0 N–H and O–H groups in total. The van der Waals surface area contributed by atoms with Gasteiger partial charge in [0, 0.05) is 6.42 Å². The normalized spacial score (nSPS) is 12.3. The number of hydrogen-bond donors (Lipinski definition) is 0. The first-order chi connectivity index (χ1) is 10.8. The molecule has 0 saturated heterocycles. The summed E-state index contributed by atoms with van der Waals surface area (Å²) >= 11 is 0. The Morgan fingerprint density at radius 3 is 2.18 bits per heavy atom. The summed E-state index contributed by atoms with van der Waals surface area (Å²) in [5.41, 5.74) is 0. The summed E-state index contributed by atoms with van der Waals surface area (Å²) in [6.07, 6.45) is 8.54. The van der Waals surface area contributed by atoms with Crippen LogP contribution in [-0.2, 0) is 6.42 Å². The van der Waals surface area contributed by atoms with Crippen molar-refractivity contribution in [3.63, 3.8) is 0 Å². The fraction of sp³-hybridized carbons (Fsp3) is 0.474. The number of fused-ring (bicyclic) bond motifs is 2. The molecule has 0 bridgehead atoms. The lowest BCUT2D eigenvalue weighted by Gasteiger charge is -2.17. The highest BCUT2D eigenvalue weighted by atomic mass is 16.6. The average Bonchev–Trinajstić information content (AvgIpc) is 2.84. The van der Waals surface area contributed by atoms with Gasteiger partial charge in [0.15, 0.2) is 17.3 Å². The summed E-state index contributed by atoms with van der Waals surface area (Å²) in [5.74, 6) is 4.73. The molecule has 0 atom stereocenters. The Labute approximate surface area is 132 Å². The second-order valence-corrected chi connectivity index (χ2v) is 5.91. The molecular formula is C19H24O3. The number of hydrogen-bond acceptors (Lipinski definition) is 3. The molecule has 118 valence electrons. The van der Waals surface area contributed by atoms with Gasteiger partial charge in [-0.1, -0.05) is 51.2 Å². The molecule has 0 aliphatic carbocycles. The van der Waals surface area contributed by atoms with Crippen LogP contribution in [0.4, 0.5) is 0 Å². The minimum atomic E-state index is 0.736. The molecule has 3 nitrogen and oxygen atoms in total. The third-order valence-electron chi connectivity index (χ3n) is 4.09. The lowest BCUT2D eigenvalue weighted by Crippen LogP contribution is -1.98. The summed E-state index contributed by atoms with van der Waals surface area (Å²) in [5, 5.41) is 0. The number of furan rings is 1. The maximum Gasteiger partial charge on any atom is 0.211 e. The third kappa shape index (κ3) is 3.13. The van der Waals surface area contributed by atoms with Gasteiger partial charge >= 0.3 is 0 Å². The van der Waals surface area contributed by atoms with Crippen LogP contribution in [-0.4, -0.2) is 0 Å². The van der Waals surface area contributed by atoms with Crippen molar-refractivity contribution in [3.8, 4) is 23.0 Å². The molecule has 0 spiro atoms. The number of para-hydroxylation sites is 2. The molecule has 0 amide bonds. The molecule has 0 unspecified atom stereocenters. The first-order valence-corrected chi connectivity index (χ1v) is 8.36. The number of ether oxygens (including phenoxy) is 2. The Morgan fingerprint density at radius 2 is 1.45 bits per heavy atom. The fourth-order valence-electron chi connectivity index (χ4n) is 2.85. The molecule has 0 saturated carbocycles. The molecule has 22 heavy (non-hydrogen) atoms. The van der Waals surface area contributed by atoms with E-state index in [1.165, 1.54) is 32.1 Å². The maximum absolute atomic E-state index is 6.01. The van der Waals surface area contributed by atoms with E-state index in [1.54, 1.807) is 0 Å². The summed E-state index contributed by atoms with van der Waals surface area (Å²) < 4.78 is 17.8. The van der Waals surface area contributed by atoms with Gasteiger partial charge in [0.25, 0.3) is 0 Å². The molecule has 3 heteroatoms. The predicted molar refractivity (Wildman–Crippen MR) is 87.1 cm³/mol.